The molecule has 0 spiro atoms. The van der Waals surface area contributed by atoms with Crippen molar-refractivity contribution in [2.75, 3.05) is 6.54 Å². The number of aromatic nitrogens is 2. The lowest BCUT2D eigenvalue weighted by Crippen LogP contribution is -2.46. The lowest BCUT2D eigenvalue weighted by atomic mass is 9.84. The summed E-state index contributed by atoms with van der Waals surface area (Å²) in [7, 11) is 0. The first-order valence-electron chi connectivity index (χ1n) is 8.16. The Hall–Kier alpha value is -2.21. The average molecular weight is 314 g/mol. The normalized spacial score (nSPS) is 16.9. The van der Waals surface area contributed by atoms with Gasteiger partial charge in [0.05, 0.1) is 0 Å². The molecule has 1 atom stereocenters. The molecule has 1 aliphatic carbocycles. The number of carbonyl (C=O) groups is 1. The van der Waals surface area contributed by atoms with Gasteiger partial charge in [-0.25, -0.2) is 0 Å². The zero-order valence-electron chi connectivity index (χ0n) is 13.1. The molecule has 2 aromatic rings. The summed E-state index contributed by atoms with van der Waals surface area (Å²) < 4.78 is 5.26. The van der Waals surface area contributed by atoms with E-state index < -0.39 is 0 Å². The van der Waals surface area contributed by atoms with Gasteiger partial charge < -0.3 is 15.6 Å². The van der Waals surface area contributed by atoms with Gasteiger partial charge in [-0.2, -0.15) is 0 Å². The summed E-state index contributed by atoms with van der Waals surface area (Å²) in [5.41, 5.74) is 6.99. The monoisotopic (exact) mass is 314 g/mol. The molecule has 0 bridgehead atoms. The average Bonchev–Trinajstić information content (AvgIpc) is 3.11. The van der Waals surface area contributed by atoms with Crippen LogP contribution in [0, 0.1) is 5.92 Å². The van der Waals surface area contributed by atoms with Crippen molar-refractivity contribution in [2.45, 2.75) is 38.1 Å². The maximum atomic E-state index is 12.4. The maximum absolute atomic E-state index is 12.4. The van der Waals surface area contributed by atoms with Gasteiger partial charge in [-0.1, -0.05) is 24.4 Å². The van der Waals surface area contributed by atoms with Crippen molar-refractivity contribution in [3.05, 3.63) is 36.3 Å². The summed E-state index contributed by atoms with van der Waals surface area (Å²) in [5.74, 6) is 0.791. The fraction of sp³-hybridized carbons (Fsp3) is 0.471. The molecule has 1 saturated carbocycles. The van der Waals surface area contributed by atoms with Gasteiger partial charge >= 0.3 is 0 Å². The third kappa shape index (κ3) is 3.76. The number of nitrogens with two attached hydrogens (primary N) is 1. The van der Waals surface area contributed by atoms with Gasteiger partial charge in [-0.3, -0.25) is 9.78 Å². The highest BCUT2D eigenvalue weighted by Crippen LogP contribution is 2.26. The van der Waals surface area contributed by atoms with Crippen LogP contribution in [0.25, 0.3) is 11.3 Å². The molecule has 0 saturated heterocycles. The van der Waals surface area contributed by atoms with Gasteiger partial charge in [0.15, 0.2) is 11.5 Å². The molecule has 1 fully saturated rings. The quantitative estimate of drug-likeness (QED) is 0.883. The van der Waals surface area contributed by atoms with E-state index in [1.165, 1.54) is 19.3 Å². The molecule has 6 nitrogen and oxygen atoms in total. The summed E-state index contributed by atoms with van der Waals surface area (Å²) >= 11 is 0. The highest BCUT2D eigenvalue weighted by molar-refractivity contribution is 5.93. The smallest absolute Gasteiger partial charge is 0.273 e. The zero-order chi connectivity index (χ0) is 16.1. The standard InChI is InChI=1S/C17H22N4O2/c18-11-15(12-4-2-1-3-5-12)20-17(22)14-10-16(23-21-14)13-6-8-19-9-7-13/h6-10,12,15H,1-5,11,18H2,(H,20,22). The molecular formula is C17H22N4O2. The topological polar surface area (TPSA) is 94.0 Å². The number of nitrogens with zero attached hydrogens (tertiary/aromatic N) is 2. The van der Waals surface area contributed by atoms with Gasteiger partial charge in [0.25, 0.3) is 5.91 Å². The van der Waals surface area contributed by atoms with Crippen LogP contribution in [0.5, 0.6) is 0 Å². The van der Waals surface area contributed by atoms with Crippen LogP contribution in [0.3, 0.4) is 0 Å². The van der Waals surface area contributed by atoms with Gasteiger partial charge in [0.1, 0.15) is 0 Å². The van der Waals surface area contributed by atoms with Gasteiger partial charge in [0, 0.05) is 36.6 Å². The number of nitrogens with one attached hydrogen (secondary N) is 1. The minimum absolute atomic E-state index is 0.00359. The summed E-state index contributed by atoms with van der Waals surface area (Å²) in [6.07, 6.45) is 9.31. The van der Waals surface area contributed by atoms with Crippen LogP contribution in [0.15, 0.2) is 35.1 Å². The third-order valence-electron chi connectivity index (χ3n) is 4.50. The number of hydrogen-bond donors (Lipinski definition) is 2. The van der Waals surface area contributed by atoms with Crippen molar-refractivity contribution in [1.82, 2.24) is 15.5 Å². The van der Waals surface area contributed by atoms with Crippen LogP contribution in [-0.2, 0) is 0 Å². The van der Waals surface area contributed by atoms with E-state index in [-0.39, 0.29) is 17.6 Å². The molecule has 0 aliphatic heterocycles. The Kier molecular flexibility index (Phi) is 5.02. The van der Waals surface area contributed by atoms with Crippen LogP contribution in [0.2, 0.25) is 0 Å². The van der Waals surface area contributed by atoms with Gasteiger partial charge in [-0.05, 0) is 30.9 Å². The largest absolute Gasteiger partial charge is 0.355 e. The molecule has 0 radical (unpaired) electrons. The van der Waals surface area contributed by atoms with E-state index in [0.29, 0.717) is 18.2 Å². The predicted molar refractivity (Wildman–Crippen MR) is 86.6 cm³/mol. The van der Waals surface area contributed by atoms with E-state index >= 15 is 0 Å². The summed E-state index contributed by atoms with van der Waals surface area (Å²) in [5, 5.41) is 6.90. The zero-order valence-corrected chi connectivity index (χ0v) is 13.1. The number of hydrogen-bond acceptors (Lipinski definition) is 5. The second-order valence-corrected chi connectivity index (χ2v) is 6.03. The minimum Gasteiger partial charge on any atom is -0.355 e. The lowest BCUT2D eigenvalue weighted by molar-refractivity contribution is 0.0906. The molecule has 0 aromatic carbocycles. The van der Waals surface area contributed by atoms with Crippen molar-refractivity contribution in [3.63, 3.8) is 0 Å². The third-order valence-corrected chi connectivity index (χ3v) is 4.50. The van der Waals surface area contributed by atoms with E-state index in [1.54, 1.807) is 18.5 Å². The van der Waals surface area contributed by atoms with Crippen molar-refractivity contribution in [1.29, 1.82) is 0 Å². The molecule has 23 heavy (non-hydrogen) atoms. The fourth-order valence-electron chi connectivity index (χ4n) is 3.18. The number of pyridine rings is 1. The van der Waals surface area contributed by atoms with E-state index in [9.17, 15) is 4.79 Å². The van der Waals surface area contributed by atoms with E-state index in [1.807, 2.05) is 12.1 Å². The van der Waals surface area contributed by atoms with Crippen molar-refractivity contribution in [2.24, 2.45) is 11.7 Å². The number of rotatable bonds is 5. The number of amides is 1. The van der Waals surface area contributed by atoms with Crippen LogP contribution < -0.4 is 11.1 Å². The Morgan fingerprint density at radius 3 is 2.74 bits per heavy atom. The molecule has 2 aromatic heterocycles. The van der Waals surface area contributed by atoms with E-state index in [4.69, 9.17) is 10.3 Å². The summed E-state index contributed by atoms with van der Waals surface area (Å²) in [6, 6.07) is 5.28. The van der Waals surface area contributed by atoms with Crippen LogP contribution >= 0.6 is 0 Å². The highest BCUT2D eigenvalue weighted by atomic mass is 16.5. The first kappa shape index (κ1) is 15.7. The Bertz CT molecular complexity index is 635. The Labute approximate surface area is 135 Å². The minimum atomic E-state index is -0.227. The molecule has 1 amide bonds. The van der Waals surface area contributed by atoms with Crippen LogP contribution in [0.1, 0.15) is 42.6 Å². The molecule has 3 rings (SSSR count). The lowest BCUT2D eigenvalue weighted by Gasteiger charge is -2.29. The molecule has 1 aliphatic rings. The molecule has 122 valence electrons. The van der Waals surface area contributed by atoms with E-state index in [0.717, 1.165) is 18.4 Å². The first-order chi connectivity index (χ1) is 11.3. The maximum Gasteiger partial charge on any atom is 0.273 e. The molecule has 3 N–H and O–H groups in total. The van der Waals surface area contributed by atoms with Crippen LogP contribution in [-0.4, -0.2) is 28.6 Å². The highest BCUT2D eigenvalue weighted by Gasteiger charge is 2.25. The Morgan fingerprint density at radius 2 is 2.04 bits per heavy atom. The van der Waals surface area contributed by atoms with Gasteiger partial charge in [0.2, 0.25) is 0 Å². The SMILES string of the molecule is NCC(NC(=O)c1cc(-c2ccncc2)on1)C1CCCCC1. The van der Waals surface area contributed by atoms with Crippen molar-refractivity contribution < 1.29 is 9.32 Å². The van der Waals surface area contributed by atoms with Crippen molar-refractivity contribution in [3.8, 4) is 11.3 Å². The predicted octanol–water partition coefficient (Wildman–Crippen LogP) is 2.37. The van der Waals surface area contributed by atoms with Crippen LogP contribution in [0.4, 0.5) is 0 Å². The van der Waals surface area contributed by atoms with E-state index in [2.05, 4.69) is 15.5 Å². The first-order valence-corrected chi connectivity index (χ1v) is 8.16. The Balaban J connectivity index is 1.67. The van der Waals surface area contributed by atoms with Crippen molar-refractivity contribution >= 4 is 5.91 Å². The molecule has 2 heterocycles. The van der Waals surface area contributed by atoms with Gasteiger partial charge in [-0.15, -0.1) is 0 Å². The second-order valence-electron chi connectivity index (χ2n) is 6.03. The second kappa shape index (κ2) is 7.37. The Morgan fingerprint density at radius 1 is 1.30 bits per heavy atom. The number of carbonyl (C=O) groups excluding carboxylic acids is 1. The molecule has 6 heteroatoms. The fourth-order valence-corrected chi connectivity index (χ4v) is 3.18. The summed E-state index contributed by atoms with van der Waals surface area (Å²) in [6.45, 7) is 0.450. The molecular weight excluding hydrogens is 292 g/mol. The molecule has 1 unspecified atom stereocenters. The summed E-state index contributed by atoms with van der Waals surface area (Å²) in [4.78, 5) is 16.4.